The normalized spacial score (nSPS) is 11.0. The lowest BCUT2D eigenvalue weighted by Gasteiger charge is -2.09. The second-order valence-electron chi connectivity index (χ2n) is 6.25. The van der Waals surface area contributed by atoms with E-state index in [2.05, 4.69) is 61.9 Å². The summed E-state index contributed by atoms with van der Waals surface area (Å²) in [5.74, 6) is 1.32. The molecule has 0 radical (unpaired) electrons. The largest absolute Gasteiger partial charge is 0.361 e. The van der Waals surface area contributed by atoms with Crippen molar-refractivity contribution in [2.75, 3.05) is 0 Å². The number of rotatable bonds is 6. The van der Waals surface area contributed by atoms with Gasteiger partial charge in [0, 0.05) is 18.5 Å². The van der Waals surface area contributed by atoms with Crippen LogP contribution in [0.3, 0.4) is 0 Å². The number of hydrogen-bond donors (Lipinski definition) is 2. The summed E-state index contributed by atoms with van der Waals surface area (Å²) < 4.78 is 1.82. The fourth-order valence-corrected chi connectivity index (χ4v) is 3.12. The van der Waals surface area contributed by atoms with E-state index in [-0.39, 0.29) is 5.69 Å². The van der Waals surface area contributed by atoms with Gasteiger partial charge in [-0.25, -0.2) is 9.89 Å². The Hall–Kier alpha value is -3.55. The van der Waals surface area contributed by atoms with Gasteiger partial charge in [0.2, 0.25) is 5.82 Å². The zero-order chi connectivity index (χ0) is 18.6. The van der Waals surface area contributed by atoms with Crippen LogP contribution in [0, 0.1) is 0 Å². The molecule has 0 aliphatic rings. The summed E-state index contributed by atoms with van der Waals surface area (Å²) in [7, 11) is 0. The minimum Gasteiger partial charge on any atom is -0.270 e. The monoisotopic (exact) mass is 361 g/mol. The summed E-state index contributed by atoms with van der Waals surface area (Å²) in [5, 5.41) is 17.1. The fourth-order valence-electron chi connectivity index (χ4n) is 3.12. The number of nitrogens with zero attached hydrogens (tertiary/aromatic N) is 5. The Kier molecular flexibility index (Phi) is 4.61. The van der Waals surface area contributed by atoms with Crippen molar-refractivity contribution in [3.05, 3.63) is 70.4 Å². The van der Waals surface area contributed by atoms with E-state index in [1.165, 1.54) is 0 Å². The van der Waals surface area contributed by atoms with Crippen LogP contribution in [0.25, 0.3) is 22.5 Å². The standard InChI is InChI=1S/C19H19N7O/c1-2-11-26-17(20-19(27)23-26)12-13-7-9-14(10-8-13)15-5-3-4-6-16(15)18-21-24-25-22-18/h3-10H,2,11-12H2,1H3,(H,23,27)(H,21,22,24,25). The van der Waals surface area contributed by atoms with Gasteiger partial charge in [0.05, 0.1) is 0 Å². The van der Waals surface area contributed by atoms with Gasteiger partial charge in [-0.3, -0.25) is 4.68 Å². The molecule has 2 aromatic heterocycles. The van der Waals surface area contributed by atoms with Gasteiger partial charge in [0.25, 0.3) is 0 Å². The highest BCUT2D eigenvalue weighted by Crippen LogP contribution is 2.29. The Labute approximate surface area is 155 Å². The van der Waals surface area contributed by atoms with Crippen LogP contribution in [0.4, 0.5) is 0 Å². The van der Waals surface area contributed by atoms with Gasteiger partial charge in [-0.2, -0.15) is 10.2 Å². The molecule has 0 saturated carbocycles. The molecule has 4 rings (SSSR count). The minimum absolute atomic E-state index is 0.302. The van der Waals surface area contributed by atoms with Gasteiger partial charge < -0.3 is 0 Å². The molecule has 136 valence electrons. The third kappa shape index (κ3) is 3.55. The van der Waals surface area contributed by atoms with Gasteiger partial charge >= 0.3 is 5.69 Å². The Balaban J connectivity index is 1.62. The summed E-state index contributed by atoms with van der Waals surface area (Å²) in [6.07, 6.45) is 1.54. The number of tetrazole rings is 1. The van der Waals surface area contributed by atoms with Crippen molar-refractivity contribution in [1.29, 1.82) is 0 Å². The van der Waals surface area contributed by atoms with Crippen LogP contribution in [-0.4, -0.2) is 35.4 Å². The van der Waals surface area contributed by atoms with Crippen molar-refractivity contribution < 1.29 is 0 Å². The predicted molar refractivity (Wildman–Crippen MR) is 101 cm³/mol. The molecule has 2 heterocycles. The van der Waals surface area contributed by atoms with Crippen molar-refractivity contribution in [3.8, 4) is 22.5 Å². The molecule has 4 aromatic rings. The third-order valence-electron chi connectivity index (χ3n) is 4.36. The molecule has 8 nitrogen and oxygen atoms in total. The van der Waals surface area contributed by atoms with Crippen LogP contribution < -0.4 is 5.69 Å². The van der Waals surface area contributed by atoms with E-state index >= 15 is 0 Å². The Morgan fingerprint density at radius 3 is 2.52 bits per heavy atom. The molecule has 0 saturated heterocycles. The molecule has 0 aliphatic heterocycles. The van der Waals surface area contributed by atoms with E-state index in [1.807, 2.05) is 28.9 Å². The summed E-state index contributed by atoms with van der Waals surface area (Å²) >= 11 is 0. The average Bonchev–Trinajstić information content (AvgIpc) is 3.33. The zero-order valence-electron chi connectivity index (χ0n) is 14.9. The van der Waals surface area contributed by atoms with E-state index < -0.39 is 0 Å². The molecule has 0 spiro atoms. The number of aromatic nitrogens is 7. The first-order valence-corrected chi connectivity index (χ1v) is 8.82. The zero-order valence-corrected chi connectivity index (χ0v) is 14.9. The van der Waals surface area contributed by atoms with E-state index in [4.69, 9.17) is 0 Å². The van der Waals surface area contributed by atoms with Crippen LogP contribution in [-0.2, 0) is 13.0 Å². The van der Waals surface area contributed by atoms with E-state index in [0.29, 0.717) is 12.2 Å². The topological polar surface area (TPSA) is 105 Å². The molecule has 0 unspecified atom stereocenters. The first kappa shape index (κ1) is 16.9. The molecule has 2 N–H and O–H groups in total. The predicted octanol–water partition coefficient (Wildman–Crippen LogP) is 2.42. The summed E-state index contributed by atoms with van der Waals surface area (Å²) in [5.41, 5.74) is 3.81. The van der Waals surface area contributed by atoms with Gasteiger partial charge in [0.1, 0.15) is 5.82 Å². The molecule has 2 aromatic carbocycles. The van der Waals surface area contributed by atoms with Crippen molar-refractivity contribution >= 4 is 0 Å². The number of benzene rings is 2. The van der Waals surface area contributed by atoms with Crippen molar-refractivity contribution in [2.45, 2.75) is 26.3 Å². The first-order valence-electron chi connectivity index (χ1n) is 8.82. The highest BCUT2D eigenvalue weighted by molar-refractivity contribution is 5.80. The Morgan fingerprint density at radius 2 is 1.81 bits per heavy atom. The quantitative estimate of drug-likeness (QED) is 0.549. The minimum atomic E-state index is -0.302. The SMILES string of the molecule is CCCn1[nH]c(=O)nc1Cc1ccc(-c2ccccc2-c2nn[nH]n2)cc1. The Morgan fingerprint density at radius 1 is 1.04 bits per heavy atom. The van der Waals surface area contributed by atoms with Gasteiger partial charge in [-0.05, 0) is 28.3 Å². The highest BCUT2D eigenvalue weighted by atomic mass is 16.1. The van der Waals surface area contributed by atoms with Crippen molar-refractivity contribution in [1.82, 2.24) is 35.4 Å². The number of aromatic amines is 2. The van der Waals surface area contributed by atoms with Crippen LogP contribution in [0.1, 0.15) is 24.7 Å². The molecule has 0 atom stereocenters. The number of H-pyrrole nitrogens is 2. The van der Waals surface area contributed by atoms with Gasteiger partial charge in [-0.15, -0.1) is 10.2 Å². The lowest BCUT2D eigenvalue weighted by molar-refractivity contribution is 0.573. The van der Waals surface area contributed by atoms with E-state index in [9.17, 15) is 4.79 Å². The van der Waals surface area contributed by atoms with Gasteiger partial charge in [0.15, 0.2) is 0 Å². The fraction of sp³-hybridized carbons (Fsp3) is 0.211. The summed E-state index contributed by atoms with van der Waals surface area (Å²) in [6.45, 7) is 2.82. The average molecular weight is 361 g/mol. The molecule has 0 bridgehead atoms. The summed E-state index contributed by atoms with van der Waals surface area (Å²) in [4.78, 5) is 15.6. The van der Waals surface area contributed by atoms with Crippen LogP contribution in [0.2, 0.25) is 0 Å². The molecule has 8 heteroatoms. The maximum atomic E-state index is 11.6. The van der Waals surface area contributed by atoms with Crippen molar-refractivity contribution in [3.63, 3.8) is 0 Å². The first-order chi connectivity index (χ1) is 13.2. The molecule has 0 aliphatic carbocycles. The molecule has 27 heavy (non-hydrogen) atoms. The number of hydrogen-bond acceptors (Lipinski definition) is 5. The van der Waals surface area contributed by atoms with E-state index in [1.54, 1.807) is 0 Å². The maximum Gasteiger partial charge on any atom is 0.361 e. The third-order valence-corrected chi connectivity index (χ3v) is 4.36. The van der Waals surface area contributed by atoms with Crippen molar-refractivity contribution in [2.24, 2.45) is 0 Å². The van der Waals surface area contributed by atoms with Gasteiger partial charge in [-0.1, -0.05) is 55.5 Å². The lowest BCUT2D eigenvalue weighted by atomic mass is 9.98. The summed E-state index contributed by atoms with van der Waals surface area (Å²) in [6, 6.07) is 16.2. The number of aryl methyl sites for hydroxylation is 1. The second-order valence-corrected chi connectivity index (χ2v) is 6.25. The lowest BCUT2D eigenvalue weighted by Crippen LogP contribution is -2.07. The molecule has 0 fully saturated rings. The molecule has 0 amide bonds. The Bertz CT molecular complexity index is 1080. The van der Waals surface area contributed by atoms with Crippen LogP contribution in [0.5, 0.6) is 0 Å². The second kappa shape index (κ2) is 7.36. The van der Waals surface area contributed by atoms with Crippen LogP contribution >= 0.6 is 0 Å². The van der Waals surface area contributed by atoms with Crippen LogP contribution in [0.15, 0.2) is 53.3 Å². The highest BCUT2D eigenvalue weighted by Gasteiger charge is 2.11. The molecular weight excluding hydrogens is 342 g/mol. The molecular formula is C19H19N7O. The maximum absolute atomic E-state index is 11.6. The number of nitrogens with one attached hydrogen (secondary N) is 2. The smallest absolute Gasteiger partial charge is 0.270 e. The van der Waals surface area contributed by atoms with E-state index in [0.717, 1.165) is 41.0 Å².